The van der Waals surface area contributed by atoms with Crippen molar-refractivity contribution in [3.8, 4) is 17.6 Å². The van der Waals surface area contributed by atoms with Gasteiger partial charge >= 0.3 is 5.97 Å². The molecule has 7 heteroatoms. The summed E-state index contributed by atoms with van der Waals surface area (Å²) in [5, 5.41) is 9.55. The number of carbonyl (C=O) groups is 1. The molecule has 0 fully saturated rings. The number of nitrogens with two attached hydrogens (primary N) is 1. The monoisotopic (exact) mass is 418 g/mol. The van der Waals surface area contributed by atoms with Gasteiger partial charge in [0.2, 0.25) is 5.88 Å². The molecule has 2 N–H and O–H groups in total. The van der Waals surface area contributed by atoms with Crippen LogP contribution < -0.4 is 15.2 Å². The van der Waals surface area contributed by atoms with Gasteiger partial charge in [-0.1, -0.05) is 29.8 Å². The molecule has 0 saturated heterocycles. The summed E-state index contributed by atoms with van der Waals surface area (Å²) in [5.74, 6) is -2.80. The smallest absolute Gasteiger partial charge is 0.343 e. The largest absolute Gasteiger partial charge is 0.440 e. The molecule has 1 aliphatic rings. The van der Waals surface area contributed by atoms with E-state index in [1.807, 2.05) is 13.0 Å². The molecule has 1 atom stereocenters. The lowest BCUT2D eigenvalue weighted by Crippen LogP contribution is -2.22. The van der Waals surface area contributed by atoms with Crippen molar-refractivity contribution in [1.82, 2.24) is 0 Å². The number of fused-ring (bicyclic) bond motifs is 1. The molecular weight excluding hydrogens is 402 g/mol. The molecule has 0 aliphatic carbocycles. The summed E-state index contributed by atoms with van der Waals surface area (Å²) >= 11 is 0. The zero-order valence-electron chi connectivity index (χ0n) is 16.4. The predicted octanol–water partition coefficient (Wildman–Crippen LogP) is 4.71. The van der Waals surface area contributed by atoms with Gasteiger partial charge in [-0.25, -0.2) is 13.6 Å². The second kappa shape index (κ2) is 7.92. The highest BCUT2D eigenvalue weighted by molar-refractivity contribution is 5.91. The molecule has 31 heavy (non-hydrogen) atoms. The first-order valence-electron chi connectivity index (χ1n) is 9.32. The Morgan fingerprint density at radius 2 is 1.77 bits per heavy atom. The van der Waals surface area contributed by atoms with Gasteiger partial charge < -0.3 is 15.2 Å². The van der Waals surface area contributed by atoms with Crippen LogP contribution in [-0.2, 0) is 0 Å². The number of esters is 1. The third kappa shape index (κ3) is 3.83. The van der Waals surface area contributed by atoms with Crippen molar-refractivity contribution in [1.29, 1.82) is 5.26 Å². The van der Waals surface area contributed by atoms with Crippen LogP contribution in [0, 0.1) is 29.9 Å². The molecule has 154 valence electrons. The summed E-state index contributed by atoms with van der Waals surface area (Å²) in [7, 11) is 0. The average Bonchev–Trinajstić information content (AvgIpc) is 2.73. The molecule has 1 aliphatic heterocycles. The Bertz CT molecular complexity index is 1260. The molecular formula is C24H16F2N2O3. The number of aryl methyl sites for hydroxylation is 1. The fraction of sp³-hybridized carbons (Fsp3) is 0.0833. The first kappa shape index (κ1) is 20.1. The van der Waals surface area contributed by atoms with E-state index in [1.54, 1.807) is 30.3 Å². The number of hydrogen-bond donors (Lipinski definition) is 1. The van der Waals surface area contributed by atoms with Gasteiger partial charge in [0.1, 0.15) is 34.8 Å². The third-order valence-electron chi connectivity index (χ3n) is 4.96. The number of hydrogen-bond acceptors (Lipinski definition) is 5. The zero-order valence-corrected chi connectivity index (χ0v) is 16.4. The third-order valence-corrected chi connectivity index (χ3v) is 4.96. The molecule has 3 aromatic rings. The summed E-state index contributed by atoms with van der Waals surface area (Å²) in [6.07, 6.45) is 0. The van der Waals surface area contributed by atoms with E-state index in [-0.39, 0.29) is 28.5 Å². The molecule has 4 rings (SSSR count). The van der Waals surface area contributed by atoms with Crippen molar-refractivity contribution in [2.45, 2.75) is 12.8 Å². The zero-order chi connectivity index (χ0) is 22.1. The molecule has 0 bridgehead atoms. The van der Waals surface area contributed by atoms with Gasteiger partial charge in [-0.2, -0.15) is 5.26 Å². The highest BCUT2D eigenvalue weighted by Gasteiger charge is 2.33. The van der Waals surface area contributed by atoms with Crippen LogP contribution in [0.5, 0.6) is 11.5 Å². The van der Waals surface area contributed by atoms with Gasteiger partial charge in [0.05, 0.1) is 11.5 Å². The van der Waals surface area contributed by atoms with Gasteiger partial charge in [-0.15, -0.1) is 0 Å². The topological polar surface area (TPSA) is 85.3 Å². The fourth-order valence-electron chi connectivity index (χ4n) is 3.41. The minimum absolute atomic E-state index is 0.00223. The maximum atomic E-state index is 14.5. The Morgan fingerprint density at radius 3 is 2.45 bits per heavy atom. The van der Waals surface area contributed by atoms with Crippen LogP contribution in [-0.4, -0.2) is 5.97 Å². The number of nitriles is 1. The molecule has 0 amide bonds. The van der Waals surface area contributed by atoms with Crippen LogP contribution in [0.25, 0.3) is 0 Å². The summed E-state index contributed by atoms with van der Waals surface area (Å²) in [4.78, 5) is 12.4. The van der Waals surface area contributed by atoms with Crippen LogP contribution in [0.3, 0.4) is 0 Å². The van der Waals surface area contributed by atoms with Gasteiger partial charge in [0.25, 0.3) is 0 Å². The van der Waals surface area contributed by atoms with Gasteiger partial charge in [0.15, 0.2) is 0 Å². The quantitative estimate of drug-likeness (QED) is 0.492. The Hall–Kier alpha value is -4.18. The SMILES string of the molecule is Cc1ccc(C(=O)Oc2ccc3c(c2)OC(N)=C(C#N)C3c2ccc(F)cc2F)cc1. The van der Waals surface area contributed by atoms with E-state index in [1.165, 1.54) is 18.2 Å². The van der Waals surface area contributed by atoms with E-state index in [0.29, 0.717) is 11.1 Å². The van der Waals surface area contributed by atoms with Crippen LogP contribution >= 0.6 is 0 Å². The van der Waals surface area contributed by atoms with Crippen molar-refractivity contribution in [3.63, 3.8) is 0 Å². The number of carbonyl (C=O) groups excluding carboxylic acids is 1. The number of ether oxygens (including phenoxy) is 2. The highest BCUT2D eigenvalue weighted by Crippen LogP contribution is 2.44. The molecule has 3 aromatic carbocycles. The first-order valence-corrected chi connectivity index (χ1v) is 9.32. The summed E-state index contributed by atoms with van der Waals surface area (Å²) in [6.45, 7) is 1.91. The molecule has 0 radical (unpaired) electrons. The second-order valence-electron chi connectivity index (χ2n) is 7.05. The summed E-state index contributed by atoms with van der Waals surface area (Å²) in [6, 6.07) is 16.5. The Morgan fingerprint density at radius 1 is 1.06 bits per heavy atom. The van der Waals surface area contributed by atoms with E-state index in [4.69, 9.17) is 15.2 Å². The van der Waals surface area contributed by atoms with Gasteiger partial charge in [0, 0.05) is 23.3 Å². The first-order chi connectivity index (χ1) is 14.9. The number of allylic oxidation sites excluding steroid dienone is 1. The lowest BCUT2D eigenvalue weighted by molar-refractivity contribution is 0.0734. The van der Waals surface area contributed by atoms with Crippen molar-refractivity contribution in [3.05, 3.63) is 106 Å². The van der Waals surface area contributed by atoms with Crippen LogP contribution in [0.4, 0.5) is 8.78 Å². The van der Waals surface area contributed by atoms with E-state index in [9.17, 15) is 18.8 Å². The van der Waals surface area contributed by atoms with E-state index in [0.717, 1.165) is 17.7 Å². The summed E-state index contributed by atoms with van der Waals surface area (Å²) < 4.78 is 38.9. The number of benzene rings is 3. The summed E-state index contributed by atoms with van der Waals surface area (Å²) in [5.41, 5.74) is 7.80. The second-order valence-corrected chi connectivity index (χ2v) is 7.05. The van der Waals surface area contributed by atoms with Crippen molar-refractivity contribution < 1.29 is 23.0 Å². The predicted molar refractivity (Wildman–Crippen MR) is 108 cm³/mol. The van der Waals surface area contributed by atoms with Crippen LogP contribution in [0.15, 0.2) is 72.1 Å². The van der Waals surface area contributed by atoms with Crippen LogP contribution in [0.1, 0.15) is 33.0 Å². The Labute approximate surface area is 176 Å². The Kier molecular flexibility index (Phi) is 5.14. The maximum absolute atomic E-state index is 14.5. The van der Waals surface area contributed by atoms with Crippen molar-refractivity contribution in [2.24, 2.45) is 5.73 Å². The van der Waals surface area contributed by atoms with Gasteiger partial charge in [-0.3, -0.25) is 0 Å². The molecule has 0 saturated carbocycles. The molecule has 0 spiro atoms. The molecule has 5 nitrogen and oxygen atoms in total. The average molecular weight is 418 g/mol. The number of rotatable bonds is 3. The number of nitrogens with zero attached hydrogens (tertiary/aromatic N) is 1. The van der Waals surface area contributed by atoms with Crippen LogP contribution in [0.2, 0.25) is 0 Å². The highest BCUT2D eigenvalue weighted by atomic mass is 19.1. The standard InChI is InChI=1S/C24H16F2N2O3/c1-13-2-4-14(5-3-13)24(29)30-16-7-9-18-21(11-16)31-23(28)19(12-27)22(18)17-8-6-15(25)10-20(17)26/h2-11,22H,28H2,1H3. The van der Waals surface area contributed by atoms with E-state index >= 15 is 0 Å². The van der Waals surface area contributed by atoms with Crippen molar-refractivity contribution in [2.75, 3.05) is 0 Å². The van der Waals surface area contributed by atoms with E-state index < -0.39 is 23.5 Å². The van der Waals surface area contributed by atoms with E-state index in [2.05, 4.69) is 0 Å². The minimum atomic E-state index is -0.892. The van der Waals surface area contributed by atoms with Gasteiger partial charge in [-0.05, 0) is 31.2 Å². The molecule has 1 heterocycles. The van der Waals surface area contributed by atoms with Crippen molar-refractivity contribution >= 4 is 5.97 Å². The minimum Gasteiger partial charge on any atom is -0.440 e. The Balaban J connectivity index is 1.71. The number of halogens is 2. The normalized spacial score (nSPS) is 15.0. The maximum Gasteiger partial charge on any atom is 0.343 e. The molecule has 1 unspecified atom stereocenters. The lowest BCUT2D eigenvalue weighted by Gasteiger charge is -2.27. The fourth-order valence-corrected chi connectivity index (χ4v) is 3.41. The molecule has 0 aromatic heterocycles. The lowest BCUT2D eigenvalue weighted by atomic mass is 9.83.